The van der Waals surface area contributed by atoms with E-state index in [1.807, 2.05) is 11.8 Å². The van der Waals surface area contributed by atoms with Gasteiger partial charge in [-0.05, 0) is 57.9 Å². The van der Waals surface area contributed by atoms with Gasteiger partial charge in [0.05, 0.1) is 18.8 Å². The Morgan fingerprint density at radius 2 is 1.87 bits per heavy atom. The van der Waals surface area contributed by atoms with Crippen LogP contribution >= 0.6 is 0 Å². The molecular formula is C33H43F3N8O2. The maximum atomic E-state index is 13.8. The summed E-state index contributed by atoms with van der Waals surface area (Å²) >= 11 is 0. The number of nitrogens with one attached hydrogen (secondary N) is 3. The minimum atomic E-state index is -4.60. The third-order valence-corrected chi connectivity index (χ3v) is 7.07. The Labute approximate surface area is 268 Å². The molecule has 3 N–H and O–H groups in total. The molecule has 1 aromatic carbocycles. The Balaban J connectivity index is 0.00000107. The van der Waals surface area contributed by atoms with Crippen molar-refractivity contribution < 1.29 is 22.7 Å². The quantitative estimate of drug-likeness (QED) is 0.160. The molecule has 1 fully saturated rings. The first-order valence-corrected chi connectivity index (χ1v) is 15.1. The molecule has 46 heavy (non-hydrogen) atoms. The summed E-state index contributed by atoms with van der Waals surface area (Å²) < 4.78 is 48.5. The third-order valence-electron chi connectivity index (χ3n) is 7.07. The van der Waals surface area contributed by atoms with Crippen LogP contribution in [0.1, 0.15) is 62.5 Å². The number of morpholine rings is 1. The number of anilines is 2. The lowest BCUT2D eigenvalue weighted by molar-refractivity contribution is -0.138. The lowest BCUT2D eigenvalue weighted by Crippen LogP contribution is -2.36. The smallest absolute Gasteiger partial charge is 0.379 e. The highest BCUT2D eigenvalue weighted by atomic mass is 19.4. The van der Waals surface area contributed by atoms with Crippen molar-refractivity contribution in [3.8, 4) is 5.82 Å². The van der Waals surface area contributed by atoms with Crippen LogP contribution < -0.4 is 16.0 Å². The predicted molar refractivity (Wildman–Crippen MR) is 175 cm³/mol. The fraction of sp³-hybridized carbons (Fsp3) is 0.394. The molecule has 0 spiro atoms. The fourth-order valence-electron chi connectivity index (χ4n) is 4.10. The zero-order valence-electron chi connectivity index (χ0n) is 27.0. The summed E-state index contributed by atoms with van der Waals surface area (Å²) in [5, 5.41) is 8.82. The van der Waals surface area contributed by atoms with Crippen molar-refractivity contribution in [2.45, 2.75) is 59.8 Å². The average Bonchev–Trinajstić information content (AvgIpc) is 3.50. The molecule has 4 rings (SSSR count). The van der Waals surface area contributed by atoms with E-state index in [0.717, 1.165) is 12.5 Å². The Morgan fingerprint density at radius 1 is 1.15 bits per heavy atom. The third kappa shape index (κ3) is 11.1. The van der Waals surface area contributed by atoms with E-state index in [4.69, 9.17) is 4.74 Å². The Kier molecular flexibility index (Phi) is 13.5. The summed E-state index contributed by atoms with van der Waals surface area (Å²) in [6.07, 6.45) is 6.18. The molecule has 0 saturated carbocycles. The van der Waals surface area contributed by atoms with E-state index in [0.29, 0.717) is 43.9 Å². The zero-order valence-corrected chi connectivity index (χ0v) is 27.0. The van der Waals surface area contributed by atoms with Crippen molar-refractivity contribution >= 4 is 17.7 Å². The minimum absolute atomic E-state index is 0.112. The lowest BCUT2D eigenvalue weighted by Gasteiger charge is -2.27. The molecule has 1 aliphatic heterocycles. The van der Waals surface area contributed by atoms with Gasteiger partial charge in [0, 0.05) is 61.6 Å². The molecule has 1 atom stereocenters. The van der Waals surface area contributed by atoms with E-state index < -0.39 is 17.6 Å². The van der Waals surface area contributed by atoms with E-state index in [-0.39, 0.29) is 29.4 Å². The number of alkyl halides is 3. The van der Waals surface area contributed by atoms with Crippen LogP contribution in [0.2, 0.25) is 0 Å². The lowest BCUT2D eigenvalue weighted by atomic mass is 10.0. The number of aromatic nitrogens is 4. The van der Waals surface area contributed by atoms with E-state index in [9.17, 15) is 18.0 Å². The normalized spacial score (nSPS) is 14.2. The van der Waals surface area contributed by atoms with Gasteiger partial charge in [0.15, 0.2) is 0 Å². The second-order valence-electron chi connectivity index (χ2n) is 10.9. The standard InChI is InChI=1S/C28H33F3N8O2.C5H10/c1-4-19(2)36-24-16-25(35-18-34-24)39-10-9-33-27(39)32-8-7-20(3)37-26(40)21-5-6-22(23(15-21)28(29,30)31)17-38-11-13-41-14-12-38;1-4-5(2)3/h5-10,15-16,18-19H,3-4,11-14,17H2,1-2H3,(H,32,33)(H,37,40)(H,34,35,36);4H,1-3H3/b8-7+;. The number of rotatable bonds is 11. The minimum Gasteiger partial charge on any atom is -0.379 e. The fourth-order valence-corrected chi connectivity index (χ4v) is 4.10. The summed E-state index contributed by atoms with van der Waals surface area (Å²) in [5.41, 5.74) is 0.713. The van der Waals surface area contributed by atoms with Crippen molar-refractivity contribution in [2.24, 2.45) is 0 Å². The molecule has 0 radical (unpaired) electrons. The molecule has 13 heteroatoms. The van der Waals surface area contributed by atoms with Crippen molar-refractivity contribution in [2.75, 3.05) is 36.9 Å². The number of amides is 1. The summed E-state index contributed by atoms with van der Waals surface area (Å²) in [7, 11) is 0. The topological polar surface area (TPSA) is 109 Å². The summed E-state index contributed by atoms with van der Waals surface area (Å²) in [6.45, 7) is 16.3. The van der Waals surface area contributed by atoms with Gasteiger partial charge in [-0.1, -0.05) is 31.2 Å². The molecule has 2 aromatic heterocycles. The molecule has 3 aromatic rings. The van der Waals surface area contributed by atoms with Gasteiger partial charge < -0.3 is 20.7 Å². The number of hydrogen-bond acceptors (Lipinski definition) is 8. The molecule has 1 unspecified atom stereocenters. The molecular weight excluding hydrogens is 597 g/mol. The monoisotopic (exact) mass is 640 g/mol. The van der Waals surface area contributed by atoms with Crippen LogP contribution in [0.5, 0.6) is 0 Å². The number of allylic oxidation sites excluding steroid dienone is 3. The van der Waals surface area contributed by atoms with Gasteiger partial charge in [0.1, 0.15) is 18.0 Å². The Bertz CT molecular complexity index is 1510. The van der Waals surface area contributed by atoms with Gasteiger partial charge in [0.25, 0.3) is 5.91 Å². The van der Waals surface area contributed by atoms with Gasteiger partial charge in [-0.15, -0.1) is 0 Å². The van der Waals surface area contributed by atoms with Gasteiger partial charge in [-0.2, -0.15) is 13.2 Å². The van der Waals surface area contributed by atoms with E-state index >= 15 is 0 Å². The second-order valence-corrected chi connectivity index (χ2v) is 10.9. The number of nitrogens with zero attached hydrogens (tertiary/aromatic N) is 5. The van der Waals surface area contributed by atoms with Crippen molar-refractivity contribution in [1.82, 2.24) is 29.7 Å². The number of halogens is 3. The summed E-state index contributed by atoms with van der Waals surface area (Å²) in [4.78, 5) is 27.5. The van der Waals surface area contributed by atoms with Crippen LogP contribution in [0.4, 0.5) is 24.9 Å². The highest BCUT2D eigenvalue weighted by Gasteiger charge is 2.34. The van der Waals surface area contributed by atoms with Gasteiger partial charge >= 0.3 is 6.18 Å². The Morgan fingerprint density at radius 3 is 2.52 bits per heavy atom. The van der Waals surface area contributed by atoms with E-state index in [1.165, 1.54) is 36.3 Å². The van der Waals surface area contributed by atoms with Crippen LogP contribution in [0.15, 0.2) is 79.2 Å². The highest BCUT2D eigenvalue weighted by Crippen LogP contribution is 2.33. The van der Waals surface area contributed by atoms with Crippen LogP contribution in [-0.2, 0) is 17.5 Å². The maximum Gasteiger partial charge on any atom is 0.416 e. The number of imidazole rings is 1. The number of carbonyl (C=O) groups is 1. The van der Waals surface area contributed by atoms with Crippen LogP contribution in [0.3, 0.4) is 0 Å². The molecule has 248 valence electrons. The molecule has 10 nitrogen and oxygen atoms in total. The van der Waals surface area contributed by atoms with E-state index in [2.05, 4.69) is 71.3 Å². The van der Waals surface area contributed by atoms with Crippen LogP contribution in [0.25, 0.3) is 5.82 Å². The van der Waals surface area contributed by atoms with Gasteiger partial charge in [-0.3, -0.25) is 14.3 Å². The average molecular weight is 641 g/mol. The summed E-state index contributed by atoms with van der Waals surface area (Å²) in [5.74, 6) is 1.01. The Hall–Kier alpha value is -4.49. The highest BCUT2D eigenvalue weighted by molar-refractivity contribution is 5.95. The molecule has 1 saturated heterocycles. The molecule has 0 bridgehead atoms. The van der Waals surface area contributed by atoms with Crippen LogP contribution in [0, 0.1) is 0 Å². The van der Waals surface area contributed by atoms with E-state index in [1.54, 1.807) is 23.0 Å². The van der Waals surface area contributed by atoms with Crippen molar-refractivity contribution in [3.05, 3.63) is 95.9 Å². The van der Waals surface area contributed by atoms with Crippen LogP contribution in [-0.4, -0.2) is 62.7 Å². The largest absolute Gasteiger partial charge is 0.416 e. The molecule has 0 aliphatic carbocycles. The number of ether oxygens (including phenoxy) is 1. The number of benzene rings is 1. The first-order chi connectivity index (χ1) is 21.9. The maximum absolute atomic E-state index is 13.8. The summed E-state index contributed by atoms with van der Waals surface area (Å²) in [6, 6.07) is 5.66. The van der Waals surface area contributed by atoms with Crippen molar-refractivity contribution in [3.63, 3.8) is 0 Å². The van der Waals surface area contributed by atoms with Gasteiger partial charge in [0.2, 0.25) is 5.95 Å². The predicted octanol–water partition coefficient (Wildman–Crippen LogP) is 6.57. The molecule has 1 aliphatic rings. The van der Waals surface area contributed by atoms with Gasteiger partial charge in [-0.25, -0.2) is 15.0 Å². The SMILES string of the molecule is C=C(/C=C/Nc1nccn1-c1cc(NC(C)CC)ncn1)NC(=O)c1ccc(CN2CCOCC2)c(C(F)(F)F)c1.CC=C(C)C. The molecule has 1 amide bonds. The van der Waals surface area contributed by atoms with Crippen molar-refractivity contribution in [1.29, 1.82) is 0 Å². The number of carbonyl (C=O) groups excluding carboxylic acids is 1. The zero-order chi connectivity index (χ0) is 33.7. The second kappa shape index (κ2) is 17.3. The first-order valence-electron chi connectivity index (χ1n) is 15.1. The molecule has 3 heterocycles. The first kappa shape index (κ1) is 36.0. The number of hydrogen-bond donors (Lipinski definition) is 3.